The number of nitrogens with one attached hydrogen (secondary N) is 1. The van der Waals surface area contributed by atoms with E-state index in [4.69, 9.17) is 0 Å². The Morgan fingerprint density at radius 3 is 2.33 bits per heavy atom. The van der Waals surface area contributed by atoms with Gasteiger partial charge in [0.15, 0.2) is 5.13 Å². The normalized spacial score (nSPS) is 16.5. The van der Waals surface area contributed by atoms with Crippen LogP contribution in [0.2, 0.25) is 0 Å². The van der Waals surface area contributed by atoms with E-state index >= 15 is 0 Å². The van der Waals surface area contributed by atoms with Crippen LogP contribution in [0, 0.1) is 11.7 Å². The molecule has 1 saturated heterocycles. The summed E-state index contributed by atoms with van der Waals surface area (Å²) < 4.78 is 40.4. The van der Waals surface area contributed by atoms with Crippen LogP contribution in [0.5, 0.6) is 0 Å². The van der Waals surface area contributed by atoms with Crippen molar-refractivity contribution >= 4 is 32.4 Å². The average Bonchev–Trinajstić information content (AvgIpc) is 3.38. The molecular formula is C27H24FN3O3S2. The number of aromatic nitrogens is 1. The summed E-state index contributed by atoms with van der Waals surface area (Å²) in [5.41, 5.74) is 3.96. The second kappa shape index (κ2) is 10.3. The van der Waals surface area contributed by atoms with Gasteiger partial charge in [-0.25, -0.2) is 17.8 Å². The summed E-state index contributed by atoms with van der Waals surface area (Å²) in [6, 6.07) is 22.9. The van der Waals surface area contributed by atoms with Crippen molar-refractivity contribution < 1.29 is 17.6 Å². The van der Waals surface area contributed by atoms with E-state index in [0.29, 0.717) is 24.5 Å². The predicted molar refractivity (Wildman–Crippen MR) is 139 cm³/mol. The van der Waals surface area contributed by atoms with E-state index < -0.39 is 21.8 Å². The Labute approximate surface area is 213 Å². The van der Waals surface area contributed by atoms with Crippen LogP contribution in [0.15, 0.2) is 89.1 Å². The average molecular weight is 522 g/mol. The van der Waals surface area contributed by atoms with Gasteiger partial charge in [0.2, 0.25) is 15.9 Å². The molecule has 0 spiro atoms. The van der Waals surface area contributed by atoms with Crippen molar-refractivity contribution in [1.29, 1.82) is 0 Å². The van der Waals surface area contributed by atoms with Crippen LogP contribution >= 0.6 is 11.3 Å². The fourth-order valence-corrected chi connectivity index (χ4v) is 6.51. The number of thiazole rings is 1. The number of rotatable bonds is 6. The Balaban J connectivity index is 1.24. The van der Waals surface area contributed by atoms with Crippen LogP contribution in [-0.4, -0.2) is 36.7 Å². The minimum absolute atomic E-state index is 0.0211. The molecule has 6 nitrogen and oxygen atoms in total. The molecule has 1 aliphatic heterocycles. The molecular weight excluding hydrogens is 497 g/mol. The first kappa shape index (κ1) is 24.3. The van der Waals surface area contributed by atoms with Crippen molar-refractivity contribution in [3.8, 4) is 22.4 Å². The van der Waals surface area contributed by atoms with Gasteiger partial charge in [-0.1, -0.05) is 54.6 Å². The third kappa shape index (κ3) is 5.23. The number of sulfonamides is 1. The number of hydrogen-bond acceptors (Lipinski definition) is 5. The molecule has 1 amide bonds. The highest BCUT2D eigenvalue weighted by Gasteiger charge is 2.33. The van der Waals surface area contributed by atoms with E-state index in [1.165, 1.54) is 27.8 Å². The van der Waals surface area contributed by atoms with Gasteiger partial charge in [-0.05, 0) is 48.2 Å². The molecule has 1 atom stereocenters. The van der Waals surface area contributed by atoms with Crippen LogP contribution in [0.4, 0.5) is 9.52 Å². The second-order valence-electron chi connectivity index (χ2n) is 8.63. The Hall–Kier alpha value is -3.40. The molecule has 184 valence electrons. The summed E-state index contributed by atoms with van der Waals surface area (Å²) in [5.74, 6) is -1.25. The van der Waals surface area contributed by atoms with Gasteiger partial charge >= 0.3 is 0 Å². The molecule has 9 heteroatoms. The van der Waals surface area contributed by atoms with E-state index in [-0.39, 0.29) is 17.3 Å². The van der Waals surface area contributed by atoms with Crippen molar-refractivity contribution in [2.75, 3.05) is 18.4 Å². The molecule has 5 rings (SSSR count). The lowest BCUT2D eigenvalue weighted by molar-refractivity contribution is -0.120. The molecule has 2 heterocycles. The zero-order valence-electron chi connectivity index (χ0n) is 19.3. The van der Waals surface area contributed by atoms with Gasteiger partial charge in [0, 0.05) is 24.0 Å². The number of piperidine rings is 1. The Morgan fingerprint density at radius 2 is 1.61 bits per heavy atom. The molecule has 3 aromatic carbocycles. The number of halogens is 1. The lowest BCUT2D eigenvalue weighted by atomic mass is 9.99. The summed E-state index contributed by atoms with van der Waals surface area (Å²) >= 11 is 1.33. The fraction of sp³-hybridized carbons (Fsp3) is 0.185. The third-order valence-electron chi connectivity index (χ3n) is 6.23. The number of nitrogens with zero attached hydrogens (tertiary/aromatic N) is 2. The largest absolute Gasteiger partial charge is 0.302 e. The Bertz CT molecular complexity index is 1450. The summed E-state index contributed by atoms with van der Waals surface area (Å²) in [5, 5.41) is 5.22. The zero-order chi connectivity index (χ0) is 25.1. The molecule has 0 saturated carbocycles. The number of anilines is 1. The maximum atomic E-state index is 13.2. The first-order valence-corrected chi connectivity index (χ1v) is 13.9. The maximum Gasteiger partial charge on any atom is 0.243 e. The van der Waals surface area contributed by atoms with E-state index in [9.17, 15) is 17.6 Å². The third-order valence-corrected chi connectivity index (χ3v) is 8.87. The van der Waals surface area contributed by atoms with Gasteiger partial charge < -0.3 is 5.32 Å². The summed E-state index contributed by atoms with van der Waals surface area (Å²) in [4.78, 5) is 17.5. The highest BCUT2D eigenvalue weighted by atomic mass is 32.2. The predicted octanol–water partition coefficient (Wildman–Crippen LogP) is 5.66. The zero-order valence-corrected chi connectivity index (χ0v) is 20.9. The topological polar surface area (TPSA) is 79.4 Å². The summed E-state index contributed by atoms with van der Waals surface area (Å²) in [7, 11) is -3.80. The van der Waals surface area contributed by atoms with E-state index in [0.717, 1.165) is 34.5 Å². The van der Waals surface area contributed by atoms with Crippen LogP contribution in [0.3, 0.4) is 0 Å². The molecule has 36 heavy (non-hydrogen) atoms. The van der Waals surface area contributed by atoms with Crippen LogP contribution < -0.4 is 5.32 Å². The number of hydrogen-bond donors (Lipinski definition) is 1. The number of carbonyl (C=O) groups excluding carboxylic acids is 1. The smallest absolute Gasteiger partial charge is 0.243 e. The molecule has 4 aromatic rings. The van der Waals surface area contributed by atoms with E-state index in [2.05, 4.69) is 22.4 Å². The van der Waals surface area contributed by atoms with Crippen LogP contribution in [-0.2, 0) is 14.8 Å². The van der Waals surface area contributed by atoms with Crippen LogP contribution in [0.1, 0.15) is 12.8 Å². The van der Waals surface area contributed by atoms with Gasteiger partial charge in [0.25, 0.3) is 0 Å². The standard InChI is InChI=1S/C27H24FN3O3S2/c28-23-12-14-24(15-13-23)36(33,34)31-16-4-7-22(17-31)26(32)30-27-29-25(18-35-27)21-10-8-20(9-11-21)19-5-2-1-3-6-19/h1-3,5-6,8-15,18,22H,4,7,16-17H2,(H,29,30,32). The van der Waals surface area contributed by atoms with Crippen molar-refractivity contribution in [2.24, 2.45) is 5.92 Å². The number of benzene rings is 3. The SMILES string of the molecule is O=C(Nc1nc(-c2ccc(-c3ccccc3)cc2)cs1)C1CCCN(S(=O)(=O)c2ccc(F)cc2)C1. The van der Waals surface area contributed by atoms with Crippen molar-refractivity contribution in [1.82, 2.24) is 9.29 Å². The minimum Gasteiger partial charge on any atom is -0.302 e. The lowest BCUT2D eigenvalue weighted by Gasteiger charge is -2.31. The van der Waals surface area contributed by atoms with E-state index in [1.807, 2.05) is 47.8 Å². The first-order valence-electron chi connectivity index (χ1n) is 11.6. The number of carbonyl (C=O) groups is 1. The Morgan fingerprint density at radius 1 is 0.944 bits per heavy atom. The highest BCUT2D eigenvalue weighted by Crippen LogP contribution is 2.29. The maximum absolute atomic E-state index is 13.2. The summed E-state index contributed by atoms with van der Waals surface area (Å²) in [6.07, 6.45) is 1.15. The molecule has 1 fully saturated rings. The molecule has 1 aromatic heterocycles. The molecule has 1 aliphatic rings. The lowest BCUT2D eigenvalue weighted by Crippen LogP contribution is -2.43. The van der Waals surface area contributed by atoms with Gasteiger partial charge in [0.1, 0.15) is 5.82 Å². The molecule has 1 N–H and O–H groups in total. The quantitative estimate of drug-likeness (QED) is 0.355. The van der Waals surface area contributed by atoms with Gasteiger partial charge in [-0.3, -0.25) is 4.79 Å². The monoisotopic (exact) mass is 521 g/mol. The Kier molecular flexibility index (Phi) is 6.95. The molecule has 0 aliphatic carbocycles. The summed E-state index contributed by atoms with van der Waals surface area (Å²) in [6.45, 7) is 0.397. The number of amides is 1. The van der Waals surface area contributed by atoms with Gasteiger partial charge in [-0.2, -0.15) is 4.31 Å². The van der Waals surface area contributed by atoms with Gasteiger partial charge in [0.05, 0.1) is 16.5 Å². The van der Waals surface area contributed by atoms with Crippen molar-refractivity contribution in [2.45, 2.75) is 17.7 Å². The van der Waals surface area contributed by atoms with Crippen LogP contribution in [0.25, 0.3) is 22.4 Å². The first-order chi connectivity index (χ1) is 17.4. The van der Waals surface area contributed by atoms with Crippen molar-refractivity contribution in [3.63, 3.8) is 0 Å². The molecule has 1 unspecified atom stereocenters. The van der Waals surface area contributed by atoms with E-state index in [1.54, 1.807) is 0 Å². The second-order valence-corrected chi connectivity index (χ2v) is 11.4. The highest BCUT2D eigenvalue weighted by molar-refractivity contribution is 7.89. The molecule has 0 bridgehead atoms. The van der Waals surface area contributed by atoms with Gasteiger partial charge in [-0.15, -0.1) is 11.3 Å². The molecule has 0 radical (unpaired) electrons. The van der Waals surface area contributed by atoms with Crippen molar-refractivity contribution in [3.05, 3.63) is 90.1 Å². The fourth-order valence-electron chi connectivity index (χ4n) is 4.27. The minimum atomic E-state index is -3.80.